The minimum Gasteiger partial charge on any atom is -0.352 e. The lowest BCUT2D eigenvalue weighted by molar-refractivity contribution is -0.137. The molecule has 1 aliphatic rings. The van der Waals surface area contributed by atoms with Gasteiger partial charge >= 0.3 is 0 Å². The molecule has 5 heteroatoms. The van der Waals surface area contributed by atoms with E-state index in [9.17, 15) is 9.59 Å². The van der Waals surface area contributed by atoms with E-state index in [4.69, 9.17) is 0 Å². The van der Waals surface area contributed by atoms with Crippen LogP contribution in [0.15, 0.2) is 30.3 Å². The molecule has 2 unspecified atom stereocenters. The lowest BCUT2D eigenvalue weighted by Crippen LogP contribution is -2.54. The molecule has 2 atom stereocenters. The van der Waals surface area contributed by atoms with Crippen molar-refractivity contribution < 1.29 is 9.59 Å². The summed E-state index contributed by atoms with van der Waals surface area (Å²) in [7, 11) is 0. The second-order valence-corrected chi connectivity index (χ2v) is 6.55. The van der Waals surface area contributed by atoms with Gasteiger partial charge in [0.05, 0.1) is 6.04 Å². The first-order chi connectivity index (χ1) is 11.5. The SMILES string of the molecule is CCN(Cc1ccccc1)C(=O)C(C)N1CCCC(NC(C)=O)C1. The number of likely N-dealkylation sites (tertiary alicyclic amines) is 1. The van der Waals surface area contributed by atoms with E-state index in [2.05, 4.69) is 10.2 Å². The molecule has 132 valence electrons. The number of hydrogen-bond acceptors (Lipinski definition) is 3. The van der Waals surface area contributed by atoms with Crippen molar-refractivity contribution in [2.24, 2.45) is 0 Å². The van der Waals surface area contributed by atoms with E-state index >= 15 is 0 Å². The van der Waals surface area contributed by atoms with Crippen molar-refractivity contribution in [1.29, 1.82) is 0 Å². The Kier molecular flexibility index (Phi) is 6.79. The second kappa shape index (κ2) is 8.83. The van der Waals surface area contributed by atoms with Crippen LogP contribution in [0, 0.1) is 0 Å². The van der Waals surface area contributed by atoms with Gasteiger partial charge in [-0.1, -0.05) is 30.3 Å². The van der Waals surface area contributed by atoms with Gasteiger partial charge in [-0.2, -0.15) is 0 Å². The zero-order chi connectivity index (χ0) is 17.5. The molecule has 1 aromatic rings. The number of likely N-dealkylation sites (N-methyl/N-ethyl adjacent to an activating group) is 1. The summed E-state index contributed by atoms with van der Waals surface area (Å²) in [5.74, 6) is 0.157. The standard InChI is InChI=1S/C19H29N3O2/c1-4-21(13-17-9-6-5-7-10-17)19(24)15(2)22-12-8-11-18(14-22)20-16(3)23/h5-7,9-10,15,18H,4,8,11-14H2,1-3H3,(H,20,23). The zero-order valence-electron chi connectivity index (χ0n) is 15.0. The van der Waals surface area contributed by atoms with Gasteiger partial charge in [0, 0.05) is 32.6 Å². The molecule has 0 aliphatic carbocycles. The molecular formula is C19H29N3O2. The summed E-state index contributed by atoms with van der Waals surface area (Å²) in [5.41, 5.74) is 1.15. The minimum atomic E-state index is -0.162. The predicted octanol–water partition coefficient (Wildman–Crippen LogP) is 2.02. The number of hydrogen-bond donors (Lipinski definition) is 1. The third kappa shape index (κ3) is 5.06. The number of amides is 2. The van der Waals surface area contributed by atoms with Gasteiger partial charge in [0.1, 0.15) is 0 Å². The molecule has 1 heterocycles. The fourth-order valence-corrected chi connectivity index (χ4v) is 3.33. The second-order valence-electron chi connectivity index (χ2n) is 6.55. The zero-order valence-corrected chi connectivity index (χ0v) is 15.0. The summed E-state index contributed by atoms with van der Waals surface area (Å²) in [4.78, 5) is 28.3. The predicted molar refractivity (Wildman–Crippen MR) is 95.4 cm³/mol. The van der Waals surface area contributed by atoms with Gasteiger partial charge in [0.15, 0.2) is 0 Å². The topological polar surface area (TPSA) is 52.7 Å². The number of rotatable bonds is 6. The number of nitrogens with zero attached hydrogens (tertiary/aromatic N) is 2. The summed E-state index contributed by atoms with van der Waals surface area (Å²) in [6.07, 6.45) is 1.99. The van der Waals surface area contributed by atoms with Crippen molar-refractivity contribution >= 4 is 11.8 Å². The molecule has 2 amide bonds. The van der Waals surface area contributed by atoms with E-state index in [1.165, 1.54) is 0 Å². The maximum Gasteiger partial charge on any atom is 0.239 e. The van der Waals surface area contributed by atoms with E-state index in [0.29, 0.717) is 13.1 Å². The first-order valence-corrected chi connectivity index (χ1v) is 8.85. The largest absolute Gasteiger partial charge is 0.352 e. The fraction of sp³-hybridized carbons (Fsp3) is 0.579. The van der Waals surface area contributed by atoms with Crippen LogP contribution in [0.4, 0.5) is 0 Å². The van der Waals surface area contributed by atoms with E-state index in [0.717, 1.165) is 31.5 Å². The monoisotopic (exact) mass is 331 g/mol. The van der Waals surface area contributed by atoms with Gasteiger partial charge in [-0.15, -0.1) is 0 Å². The van der Waals surface area contributed by atoms with Crippen LogP contribution < -0.4 is 5.32 Å². The molecule has 0 aromatic heterocycles. The maximum absolute atomic E-state index is 12.9. The van der Waals surface area contributed by atoms with E-state index in [-0.39, 0.29) is 23.9 Å². The van der Waals surface area contributed by atoms with Crippen LogP contribution in [0.3, 0.4) is 0 Å². The lowest BCUT2D eigenvalue weighted by Gasteiger charge is -2.38. The van der Waals surface area contributed by atoms with Gasteiger partial charge < -0.3 is 10.2 Å². The van der Waals surface area contributed by atoms with Crippen LogP contribution in [0.2, 0.25) is 0 Å². The molecule has 2 rings (SSSR count). The van der Waals surface area contributed by atoms with E-state index < -0.39 is 0 Å². The highest BCUT2D eigenvalue weighted by Gasteiger charge is 2.29. The third-order valence-electron chi connectivity index (χ3n) is 4.67. The Morgan fingerprint density at radius 1 is 1.33 bits per heavy atom. The molecule has 1 fully saturated rings. The smallest absolute Gasteiger partial charge is 0.239 e. The number of nitrogens with one attached hydrogen (secondary N) is 1. The molecule has 5 nitrogen and oxygen atoms in total. The average Bonchev–Trinajstić information content (AvgIpc) is 2.59. The third-order valence-corrected chi connectivity index (χ3v) is 4.67. The van der Waals surface area contributed by atoms with Crippen molar-refractivity contribution in [3.8, 4) is 0 Å². The molecule has 0 saturated carbocycles. The van der Waals surface area contributed by atoms with E-state index in [1.54, 1.807) is 6.92 Å². The summed E-state index contributed by atoms with van der Waals surface area (Å²) in [6, 6.07) is 10.1. The molecule has 1 N–H and O–H groups in total. The quantitative estimate of drug-likeness (QED) is 0.868. The van der Waals surface area contributed by atoms with Crippen LogP contribution in [0.1, 0.15) is 39.2 Å². The molecule has 1 saturated heterocycles. The molecule has 1 aromatic carbocycles. The van der Waals surface area contributed by atoms with Gasteiger partial charge in [-0.3, -0.25) is 14.5 Å². The number of piperidine rings is 1. The highest BCUT2D eigenvalue weighted by atomic mass is 16.2. The molecule has 0 radical (unpaired) electrons. The van der Waals surface area contributed by atoms with Crippen LogP contribution in [-0.2, 0) is 16.1 Å². The number of carbonyl (C=O) groups is 2. The Hall–Kier alpha value is -1.88. The maximum atomic E-state index is 12.9. The van der Waals surface area contributed by atoms with Crippen molar-refractivity contribution in [3.63, 3.8) is 0 Å². The molecule has 24 heavy (non-hydrogen) atoms. The van der Waals surface area contributed by atoms with Gasteiger partial charge in [0.25, 0.3) is 0 Å². The number of benzene rings is 1. The Labute approximate surface area is 145 Å². The minimum absolute atomic E-state index is 0.0000851. The first kappa shape index (κ1) is 18.5. The number of carbonyl (C=O) groups excluding carboxylic acids is 2. The normalized spacial score (nSPS) is 19.5. The van der Waals surface area contributed by atoms with Crippen LogP contribution in [0.25, 0.3) is 0 Å². The summed E-state index contributed by atoms with van der Waals surface area (Å²) < 4.78 is 0. The molecule has 1 aliphatic heterocycles. The average molecular weight is 331 g/mol. The van der Waals surface area contributed by atoms with Crippen LogP contribution in [-0.4, -0.2) is 53.3 Å². The van der Waals surface area contributed by atoms with Crippen LogP contribution in [0.5, 0.6) is 0 Å². The highest BCUT2D eigenvalue weighted by Crippen LogP contribution is 2.16. The van der Waals surface area contributed by atoms with Crippen molar-refractivity contribution in [2.75, 3.05) is 19.6 Å². The Balaban J connectivity index is 1.97. The molecule has 0 bridgehead atoms. The van der Waals surface area contributed by atoms with Gasteiger partial charge in [-0.05, 0) is 38.8 Å². The van der Waals surface area contributed by atoms with Crippen LogP contribution >= 0.6 is 0 Å². The summed E-state index contributed by atoms with van der Waals surface area (Å²) in [6.45, 7) is 8.54. The molecule has 0 spiro atoms. The lowest BCUT2D eigenvalue weighted by atomic mass is 10.0. The first-order valence-electron chi connectivity index (χ1n) is 8.85. The highest BCUT2D eigenvalue weighted by molar-refractivity contribution is 5.81. The Bertz CT molecular complexity index is 547. The van der Waals surface area contributed by atoms with Gasteiger partial charge in [-0.25, -0.2) is 0 Å². The molecular weight excluding hydrogens is 302 g/mol. The Morgan fingerprint density at radius 3 is 2.67 bits per heavy atom. The van der Waals surface area contributed by atoms with Crippen molar-refractivity contribution in [3.05, 3.63) is 35.9 Å². The van der Waals surface area contributed by atoms with Crippen molar-refractivity contribution in [2.45, 2.75) is 52.2 Å². The van der Waals surface area contributed by atoms with Crippen molar-refractivity contribution in [1.82, 2.24) is 15.1 Å². The summed E-state index contributed by atoms with van der Waals surface area (Å²) in [5, 5.41) is 2.98. The fourth-order valence-electron chi connectivity index (χ4n) is 3.33. The Morgan fingerprint density at radius 2 is 2.04 bits per heavy atom. The van der Waals surface area contributed by atoms with E-state index in [1.807, 2.05) is 49.1 Å². The van der Waals surface area contributed by atoms with Gasteiger partial charge in [0.2, 0.25) is 11.8 Å². The summed E-state index contributed by atoms with van der Waals surface area (Å²) >= 11 is 0.